The Morgan fingerprint density at radius 3 is 2.47 bits per heavy atom. The number of morpholine rings is 1. The van der Waals surface area contributed by atoms with Crippen molar-refractivity contribution < 1.29 is 17.9 Å². The third-order valence-corrected chi connectivity index (χ3v) is 8.73. The van der Waals surface area contributed by atoms with Crippen molar-refractivity contribution in [3.8, 4) is 11.4 Å². The summed E-state index contributed by atoms with van der Waals surface area (Å²) >= 11 is 1.48. The van der Waals surface area contributed by atoms with E-state index in [9.17, 15) is 13.2 Å². The number of sulfonamides is 1. The van der Waals surface area contributed by atoms with Crippen LogP contribution in [0, 0.1) is 0 Å². The van der Waals surface area contributed by atoms with Gasteiger partial charge in [-0.05, 0) is 12.3 Å². The molecule has 0 saturated carbocycles. The van der Waals surface area contributed by atoms with E-state index in [1.165, 1.54) is 28.4 Å². The Hall–Kier alpha value is -3.00. The van der Waals surface area contributed by atoms with Gasteiger partial charge in [0.15, 0.2) is 5.82 Å². The van der Waals surface area contributed by atoms with E-state index in [1.807, 2.05) is 30.5 Å². The molecule has 0 radical (unpaired) electrons. The van der Waals surface area contributed by atoms with Crippen LogP contribution in [0.5, 0.6) is 0 Å². The van der Waals surface area contributed by atoms with Crippen LogP contribution in [-0.2, 0) is 19.6 Å². The number of rotatable bonds is 8. The molecule has 1 aromatic heterocycles. The number of piperazine rings is 1. The summed E-state index contributed by atoms with van der Waals surface area (Å²) in [5.74, 6) is 1.18. The molecule has 3 heterocycles. The largest absolute Gasteiger partial charge is 0.378 e. The van der Waals surface area contributed by atoms with Crippen molar-refractivity contribution in [2.24, 2.45) is 5.10 Å². The first-order valence-electron chi connectivity index (χ1n) is 12.4. The summed E-state index contributed by atoms with van der Waals surface area (Å²) in [6, 6.07) is 7.68. The standard InChI is InChI=1S/C25H33N7O4S2/c1-19(33)30-9-11-32(12-10-30)38(34,35)17-8-22-23(37-3)25(31-13-15-36-16-14-31)29-24(28-22)21-7-5-4-6-20(21)18-27-26-2/h4-8,17-18,26H,9-16H2,1-3H3/b17-8+,27-18-. The highest BCUT2D eigenvalue weighted by atomic mass is 32.2. The number of amides is 1. The molecular weight excluding hydrogens is 526 g/mol. The minimum Gasteiger partial charge on any atom is -0.378 e. The lowest BCUT2D eigenvalue weighted by molar-refractivity contribution is -0.129. The molecule has 2 aliphatic rings. The summed E-state index contributed by atoms with van der Waals surface area (Å²) in [4.78, 5) is 26.0. The second-order valence-corrected chi connectivity index (χ2v) is 11.3. The number of carbonyl (C=O) groups excluding carboxylic acids is 1. The van der Waals surface area contributed by atoms with Crippen molar-refractivity contribution >= 4 is 45.8 Å². The molecule has 11 nitrogen and oxygen atoms in total. The molecule has 204 valence electrons. The van der Waals surface area contributed by atoms with Gasteiger partial charge in [-0.1, -0.05) is 24.3 Å². The fraction of sp³-hybridized carbons (Fsp3) is 0.440. The number of hydrogen-bond donors (Lipinski definition) is 1. The zero-order valence-electron chi connectivity index (χ0n) is 21.8. The van der Waals surface area contributed by atoms with Crippen LogP contribution in [0.25, 0.3) is 17.5 Å². The van der Waals surface area contributed by atoms with Gasteiger partial charge in [-0.15, -0.1) is 11.8 Å². The minimum absolute atomic E-state index is 0.0496. The van der Waals surface area contributed by atoms with Crippen molar-refractivity contribution in [3.63, 3.8) is 0 Å². The van der Waals surface area contributed by atoms with Crippen LogP contribution in [0.2, 0.25) is 0 Å². The highest BCUT2D eigenvalue weighted by Crippen LogP contribution is 2.34. The van der Waals surface area contributed by atoms with E-state index in [0.717, 1.165) is 21.8 Å². The molecular formula is C25H33N7O4S2. The molecule has 0 atom stereocenters. The number of hydrogen-bond acceptors (Lipinski definition) is 10. The number of aromatic nitrogens is 2. The maximum atomic E-state index is 13.2. The first-order chi connectivity index (χ1) is 18.3. The lowest BCUT2D eigenvalue weighted by Gasteiger charge is -2.32. The Morgan fingerprint density at radius 2 is 1.82 bits per heavy atom. The van der Waals surface area contributed by atoms with E-state index in [-0.39, 0.29) is 19.0 Å². The molecule has 1 aromatic carbocycles. The summed E-state index contributed by atoms with van der Waals surface area (Å²) in [7, 11) is -1.98. The van der Waals surface area contributed by atoms with Gasteiger partial charge in [0, 0.05) is 69.8 Å². The SMILES string of the molecule is CN/N=C\c1ccccc1-c1nc(/C=C/S(=O)(=O)N2CCN(C(C)=O)CC2)c(SC)c(N2CCOCC2)n1. The van der Waals surface area contributed by atoms with Gasteiger partial charge in [0.25, 0.3) is 0 Å². The molecule has 0 spiro atoms. The maximum absolute atomic E-state index is 13.2. The number of carbonyl (C=O) groups is 1. The molecule has 1 amide bonds. The van der Waals surface area contributed by atoms with Crippen molar-refractivity contribution in [2.45, 2.75) is 11.8 Å². The van der Waals surface area contributed by atoms with E-state index in [1.54, 1.807) is 24.2 Å². The molecule has 0 unspecified atom stereocenters. The summed E-state index contributed by atoms with van der Waals surface area (Å²) in [5.41, 5.74) is 4.90. The topological polar surface area (TPSA) is 120 Å². The summed E-state index contributed by atoms with van der Waals surface area (Å²) < 4.78 is 33.3. The predicted octanol–water partition coefficient (Wildman–Crippen LogP) is 1.72. The van der Waals surface area contributed by atoms with Gasteiger partial charge in [0.1, 0.15) is 5.82 Å². The Morgan fingerprint density at radius 1 is 1.11 bits per heavy atom. The molecule has 1 N–H and O–H groups in total. The zero-order chi connectivity index (χ0) is 27.1. The maximum Gasteiger partial charge on any atom is 0.236 e. The first-order valence-corrected chi connectivity index (χ1v) is 15.1. The van der Waals surface area contributed by atoms with Gasteiger partial charge in [-0.25, -0.2) is 18.4 Å². The Balaban J connectivity index is 1.75. The van der Waals surface area contributed by atoms with E-state index >= 15 is 0 Å². The van der Waals surface area contributed by atoms with E-state index in [4.69, 9.17) is 14.7 Å². The molecule has 2 fully saturated rings. The fourth-order valence-corrected chi connectivity index (χ4v) is 6.14. The van der Waals surface area contributed by atoms with Crippen molar-refractivity contribution in [3.05, 3.63) is 40.9 Å². The normalized spacial score (nSPS) is 17.4. The van der Waals surface area contributed by atoms with Crippen LogP contribution in [0.15, 0.2) is 39.7 Å². The average molecular weight is 560 g/mol. The van der Waals surface area contributed by atoms with Crippen molar-refractivity contribution in [2.75, 3.05) is 70.7 Å². The highest BCUT2D eigenvalue weighted by molar-refractivity contribution is 7.98. The van der Waals surface area contributed by atoms with E-state index < -0.39 is 10.0 Å². The lowest BCUT2D eigenvalue weighted by Crippen LogP contribution is -2.49. The molecule has 4 rings (SSSR count). The van der Waals surface area contributed by atoms with E-state index in [2.05, 4.69) is 15.4 Å². The first kappa shape index (κ1) is 28.0. The summed E-state index contributed by atoms with van der Waals surface area (Å²) in [6.45, 7) is 5.29. The van der Waals surface area contributed by atoms with Gasteiger partial charge < -0.3 is 20.0 Å². The zero-order valence-corrected chi connectivity index (χ0v) is 23.5. The van der Waals surface area contributed by atoms with Gasteiger partial charge in [0.2, 0.25) is 15.9 Å². The number of ether oxygens (including phenoxy) is 1. The number of anilines is 1. The number of nitrogens with one attached hydrogen (secondary N) is 1. The van der Waals surface area contributed by atoms with Gasteiger partial charge >= 0.3 is 0 Å². The Kier molecular flexibility index (Phi) is 9.36. The molecule has 0 bridgehead atoms. The Labute approximate surface area is 228 Å². The summed E-state index contributed by atoms with van der Waals surface area (Å²) in [5, 5.41) is 5.36. The van der Waals surface area contributed by atoms with Crippen molar-refractivity contribution in [1.29, 1.82) is 0 Å². The molecule has 38 heavy (non-hydrogen) atoms. The molecule has 2 aliphatic heterocycles. The Bertz CT molecular complexity index is 1300. The third kappa shape index (κ3) is 6.52. The van der Waals surface area contributed by atoms with Gasteiger partial charge in [-0.3, -0.25) is 4.79 Å². The second-order valence-electron chi connectivity index (χ2n) is 8.71. The number of benzene rings is 1. The quantitative estimate of drug-likeness (QED) is 0.293. The number of thioether (sulfide) groups is 1. The second kappa shape index (κ2) is 12.7. The van der Waals surface area contributed by atoms with Crippen molar-refractivity contribution in [1.82, 2.24) is 24.6 Å². The molecule has 2 saturated heterocycles. The fourth-order valence-electron chi connectivity index (χ4n) is 4.32. The number of nitrogens with zero attached hydrogens (tertiary/aromatic N) is 6. The summed E-state index contributed by atoms with van der Waals surface area (Å²) in [6.07, 6.45) is 5.19. The lowest BCUT2D eigenvalue weighted by atomic mass is 10.1. The molecule has 0 aliphatic carbocycles. The van der Waals surface area contributed by atoms with Crippen LogP contribution < -0.4 is 10.3 Å². The highest BCUT2D eigenvalue weighted by Gasteiger charge is 2.27. The van der Waals surface area contributed by atoms with Crippen LogP contribution >= 0.6 is 11.8 Å². The van der Waals surface area contributed by atoms with Gasteiger partial charge in [-0.2, -0.15) is 9.41 Å². The number of hydrazone groups is 1. The van der Waals surface area contributed by atoms with Crippen LogP contribution in [0.1, 0.15) is 18.2 Å². The smallest absolute Gasteiger partial charge is 0.236 e. The van der Waals surface area contributed by atoms with E-state index in [0.29, 0.717) is 50.9 Å². The third-order valence-electron chi connectivity index (χ3n) is 6.36. The molecule has 13 heteroatoms. The van der Waals surface area contributed by atoms with Crippen LogP contribution in [0.3, 0.4) is 0 Å². The van der Waals surface area contributed by atoms with Crippen LogP contribution in [0.4, 0.5) is 5.82 Å². The predicted molar refractivity (Wildman–Crippen MR) is 151 cm³/mol. The monoisotopic (exact) mass is 559 g/mol. The minimum atomic E-state index is -3.71. The van der Waals surface area contributed by atoms with Gasteiger partial charge in [0.05, 0.1) is 30.0 Å². The average Bonchev–Trinajstić information content (AvgIpc) is 2.95. The van der Waals surface area contributed by atoms with Crippen LogP contribution in [-0.4, -0.2) is 105 Å². The molecule has 2 aromatic rings.